The molecule has 0 amide bonds. The van der Waals surface area contributed by atoms with Gasteiger partial charge in [-0.05, 0) is 31.8 Å². The highest BCUT2D eigenvalue weighted by Gasteiger charge is 1.83. The van der Waals surface area contributed by atoms with E-state index in [0.717, 1.165) is 12.8 Å². The lowest BCUT2D eigenvalue weighted by atomic mass is 10.1. The van der Waals surface area contributed by atoms with Crippen molar-refractivity contribution in [3.8, 4) is 0 Å². The van der Waals surface area contributed by atoms with Gasteiger partial charge >= 0.3 is 0 Å². The van der Waals surface area contributed by atoms with Gasteiger partial charge in [-0.1, -0.05) is 44.9 Å². The molecule has 0 aromatic heterocycles. The maximum Gasteiger partial charge on any atom is -0.0240 e. The van der Waals surface area contributed by atoms with Crippen LogP contribution >= 0.6 is 0 Å². The van der Waals surface area contributed by atoms with Gasteiger partial charge in [0.05, 0.1) is 0 Å². The second-order valence-corrected chi connectivity index (χ2v) is 3.31. The largest absolute Gasteiger partial charge is 0.133 e. The molecule has 13 heavy (non-hydrogen) atoms. The fraction of sp³-hybridized carbons (Fsp3) is 0.615. The molecule has 0 aliphatic heterocycles. The molecule has 0 aliphatic rings. The van der Waals surface area contributed by atoms with Crippen LogP contribution in [0.5, 0.6) is 0 Å². The molecule has 0 heterocycles. The minimum atomic E-state index is 1.08. The third-order valence-corrected chi connectivity index (χ3v) is 2.01. The maximum absolute atomic E-state index is 3.52. The third-order valence-electron chi connectivity index (χ3n) is 2.01. The van der Waals surface area contributed by atoms with Crippen molar-refractivity contribution >= 4 is 0 Å². The van der Waals surface area contributed by atoms with Crippen molar-refractivity contribution in [1.82, 2.24) is 0 Å². The van der Waals surface area contributed by atoms with Crippen LogP contribution in [-0.2, 0) is 0 Å². The van der Waals surface area contributed by atoms with Gasteiger partial charge in [-0.3, -0.25) is 0 Å². The van der Waals surface area contributed by atoms with Crippen molar-refractivity contribution in [3.05, 3.63) is 30.5 Å². The summed E-state index contributed by atoms with van der Waals surface area (Å²) in [5.74, 6) is 0. The Kier molecular flexibility index (Phi) is 10.6. The van der Waals surface area contributed by atoms with Crippen LogP contribution in [0.3, 0.4) is 0 Å². The molecule has 0 unspecified atom stereocenters. The molecule has 0 aromatic rings. The molecule has 0 spiro atoms. The van der Waals surface area contributed by atoms with E-state index in [1.165, 1.54) is 32.1 Å². The number of allylic oxidation sites excluding steroid dienone is 3. The van der Waals surface area contributed by atoms with Crippen molar-refractivity contribution in [2.45, 2.75) is 51.9 Å². The molecular weight excluding hydrogens is 156 g/mol. The number of hydrogen-bond donors (Lipinski definition) is 0. The lowest BCUT2D eigenvalue weighted by Crippen LogP contribution is -1.73. The van der Waals surface area contributed by atoms with Gasteiger partial charge in [0, 0.05) is 0 Å². The lowest BCUT2D eigenvalue weighted by Gasteiger charge is -1.93. The van der Waals surface area contributed by atoms with Gasteiger partial charge in [0.15, 0.2) is 0 Å². The number of rotatable bonds is 8. The van der Waals surface area contributed by atoms with E-state index in [4.69, 9.17) is 0 Å². The molecule has 0 heteroatoms. The first-order chi connectivity index (χ1) is 6.41. The molecule has 0 saturated heterocycles. The van der Waals surface area contributed by atoms with Crippen molar-refractivity contribution < 1.29 is 0 Å². The molecule has 0 aliphatic carbocycles. The summed E-state index contributed by atoms with van der Waals surface area (Å²) in [5.41, 5.74) is 2.78. The molecule has 0 aromatic carbocycles. The van der Waals surface area contributed by atoms with Crippen LogP contribution < -0.4 is 0 Å². The van der Waals surface area contributed by atoms with Crippen molar-refractivity contribution in [2.24, 2.45) is 0 Å². The monoisotopic (exact) mass is 178 g/mol. The second-order valence-electron chi connectivity index (χ2n) is 3.31. The Bertz CT molecular complexity index is 159. The maximum atomic E-state index is 3.52. The average molecular weight is 178 g/mol. The summed E-state index contributed by atoms with van der Waals surface area (Å²) in [7, 11) is 0. The van der Waals surface area contributed by atoms with E-state index < -0.39 is 0 Å². The Morgan fingerprint density at radius 2 is 1.77 bits per heavy atom. The fourth-order valence-corrected chi connectivity index (χ4v) is 1.21. The van der Waals surface area contributed by atoms with Crippen molar-refractivity contribution in [2.75, 3.05) is 0 Å². The Balaban J connectivity index is 3.07. The van der Waals surface area contributed by atoms with Crippen LogP contribution in [0, 0.1) is 0 Å². The number of unbranched alkanes of at least 4 members (excludes halogenated alkanes) is 5. The zero-order valence-corrected chi connectivity index (χ0v) is 8.89. The molecule has 0 nitrogen and oxygen atoms in total. The molecule has 0 atom stereocenters. The quantitative estimate of drug-likeness (QED) is 0.289. The predicted molar refractivity (Wildman–Crippen MR) is 60.8 cm³/mol. The average Bonchev–Trinajstić information content (AvgIpc) is 2.16. The van der Waals surface area contributed by atoms with Gasteiger partial charge in [-0.2, -0.15) is 0 Å². The molecule has 0 radical (unpaired) electrons. The van der Waals surface area contributed by atoms with Crippen LogP contribution in [0.15, 0.2) is 30.5 Å². The third kappa shape index (κ3) is 11.3. The molecule has 0 saturated carbocycles. The Morgan fingerprint density at radius 3 is 2.46 bits per heavy atom. The summed E-state index contributed by atoms with van der Waals surface area (Å²) < 4.78 is 0. The van der Waals surface area contributed by atoms with E-state index >= 15 is 0 Å². The van der Waals surface area contributed by atoms with Gasteiger partial charge in [-0.15, -0.1) is 5.73 Å². The van der Waals surface area contributed by atoms with E-state index in [9.17, 15) is 0 Å². The van der Waals surface area contributed by atoms with Gasteiger partial charge in [0.1, 0.15) is 0 Å². The lowest BCUT2D eigenvalue weighted by molar-refractivity contribution is 0.674. The Hall–Kier alpha value is -0.740. The fourth-order valence-electron chi connectivity index (χ4n) is 1.21. The first-order valence-corrected chi connectivity index (χ1v) is 5.41. The van der Waals surface area contributed by atoms with E-state index in [1.54, 1.807) is 0 Å². The highest BCUT2D eigenvalue weighted by atomic mass is 13.9. The van der Waals surface area contributed by atoms with Crippen molar-refractivity contribution in [1.29, 1.82) is 0 Å². The van der Waals surface area contributed by atoms with Gasteiger partial charge in [0.25, 0.3) is 0 Å². The molecule has 0 N–H and O–H groups in total. The Morgan fingerprint density at radius 1 is 1.00 bits per heavy atom. The standard InChI is InChI=1S/C13H22/c1-3-5-7-9-11-13-12-10-8-6-4-2/h5,11,13H,1,4,6-10,12H2,2H3. The zero-order valence-electron chi connectivity index (χ0n) is 8.89. The topological polar surface area (TPSA) is 0 Å². The zero-order chi connectivity index (χ0) is 9.78. The van der Waals surface area contributed by atoms with Crippen LogP contribution in [0.2, 0.25) is 0 Å². The second kappa shape index (κ2) is 11.3. The molecule has 0 rings (SSSR count). The van der Waals surface area contributed by atoms with Gasteiger partial charge in [0.2, 0.25) is 0 Å². The highest BCUT2D eigenvalue weighted by Crippen LogP contribution is 2.03. The predicted octanol–water partition coefficient (Wildman–Crippen LogP) is 4.63. The summed E-state index contributed by atoms with van der Waals surface area (Å²) in [6, 6.07) is 0. The highest BCUT2D eigenvalue weighted by molar-refractivity contribution is 4.85. The van der Waals surface area contributed by atoms with Crippen LogP contribution in [0.4, 0.5) is 0 Å². The van der Waals surface area contributed by atoms with Crippen LogP contribution in [0.1, 0.15) is 51.9 Å². The summed E-state index contributed by atoms with van der Waals surface area (Å²) in [5, 5.41) is 0. The van der Waals surface area contributed by atoms with E-state index in [1.807, 2.05) is 6.08 Å². The summed E-state index contributed by atoms with van der Waals surface area (Å²) in [6.07, 6.45) is 15.5. The van der Waals surface area contributed by atoms with Crippen LogP contribution in [0.25, 0.3) is 0 Å². The van der Waals surface area contributed by atoms with E-state index in [-0.39, 0.29) is 0 Å². The molecule has 74 valence electrons. The number of hydrogen-bond acceptors (Lipinski definition) is 0. The van der Waals surface area contributed by atoms with E-state index in [0.29, 0.717) is 0 Å². The summed E-state index contributed by atoms with van der Waals surface area (Å²) >= 11 is 0. The SMILES string of the molecule is C=C=CCCC=CCCCCCC. The van der Waals surface area contributed by atoms with E-state index in [2.05, 4.69) is 31.4 Å². The summed E-state index contributed by atoms with van der Waals surface area (Å²) in [4.78, 5) is 0. The summed E-state index contributed by atoms with van der Waals surface area (Å²) in [6.45, 7) is 5.77. The first-order valence-electron chi connectivity index (χ1n) is 5.41. The molecule has 0 bridgehead atoms. The smallest absolute Gasteiger partial charge is 0.0240 e. The molecule has 0 fully saturated rings. The Labute approximate surface area is 83.0 Å². The molecular formula is C13H22. The minimum absolute atomic E-state index is 1.08. The van der Waals surface area contributed by atoms with Crippen molar-refractivity contribution in [3.63, 3.8) is 0 Å². The van der Waals surface area contributed by atoms with Gasteiger partial charge < -0.3 is 0 Å². The van der Waals surface area contributed by atoms with Crippen LogP contribution in [-0.4, -0.2) is 0 Å². The minimum Gasteiger partial charge on any atom is -0.133 e. The normalized spacial score (nSPS) is 10.2. The van der Waals surface area contributed by atoms with Gasteiger partial charge in [-0.25, -0.2) is 0 Å². The first kappa shape index (κ1) is 12.3.